The van der Waals surface area contributed by atoms with Gasteiger partial charge in [-0.3, -0.25) is 4.79 Å². The van der Waals surface area contributed by atoms with Gasteiger partial charge in [0.25, 0.3) is 0 Å². The van der Waals surface area contributed by atoms with Gasteiger partial charge in [0.2, 0.25) is 5.91 Å². The highest BCUT2D eigenvalue weighted by molar-refractivity contribution is 5.76. The predicted octanol–water partition coefficient (Wildman–Crippen LogP) is 2.19. The van der Waals surface area contributed by atoms with E-state index >= 15 is 0 Å². The summed E-state index contributed by atoms with van der Waals surface area (Å²) >= 11 is 0. The molecule has 0 aliphatic heterocycles. The molecule has 1 saturated carbocycles. The SMILES string of the molecule is CCC(C)CC(=O)N(C)CC1(O)CCCC1. The van der Waals surface area contributed by atoms with Crippen molar-refractivity contribution in [1.29, 1.82) is 0 Å². The molecule has 0 spiro atoms. The third-order valence-corrected chi connectivity index (χ3v) is 3.71. The number of likely N-dealkylation sites (N-methyl/N-ethyl adjacent to an activating group) is 1. The number of carbonyl (C=O) groups excluding carboxylic acids is 1. The molecule has 1 N–H and O–H groups in total. The Morgan fingerprint density at radius 1 is 1.44 bits per heavy atom. The minimum atomic E-state index is -0.611. The van der Waals surface area contributed by atoms with Crippen molar-refractivity contribution in [3.8, 4) is 0 Å². The van der Waals surface area contributed by atoms with E-state index in [0.717, 1.165) is 32.1 Å². The van der Waals surface area contributed by atoms with Gasteiger partial charge in [-0.1, -0.05) is 33.1 Å². The first-order chi connectivity index (χ1) is 7.47. The molecule has 1 amide bonds. The van der Waals surface area contributed by atoms with E-state index in [1.165, 1.54) is 0 Å². The molecule has 0 heterocycles. The van der Waals surface area contributed by atoms with Gasteiger partial charge in [0.15, 0.2) is 0 Å². The van der Waals surface area contributed by atoms with Crippen LogP contribution in [0.15, 0.2) is 0 Å². The second-order valence-electron chi connectivity index (χ2n) is 5.40. The van der Waals surface area contributed by atoms with Crippen LogP contribution in [0.4, 0.5) is 0 Å². The highest BCUT2D eigenvalue weighted by Gasteiger charge is 2.33. The van der Waals surface area contributed by atoms with Crippen LogP contribution in [0, 0.1) is 5.92 Å². The maximum atomic E-state index is 11.9. The van der Waals surface area contributed by atoms with Crippen LogP contribution in [0.5, 0.6) is 0 Å². The van der Waals surface area contributed by atoms with E-state index in [1.807, 2.05) is 0 Å². The molecule has 0 saturated heterocycles. The molecule has 1 unspecified atom stereocenters. The molecule has 1 atom stereocenters. The Morgan fingerprint density at radius 2 is 2.00 bits per heavy atom. The van der Waals surface area contributed by atoms with Gasteiger partial charge in [-0.15, -0.1) is 0 Å². The van der Waals surface area contributed by atoms with Crippen molar-refractivity contribution in [2.45, 2.75) is 58.0 Å². The second-order valence-corrected chi connectivity index (χ2v) is 5.40. The van der Waals surface area contributed by atoms with Crippen molar-refractivity contribution in [2.75, 3.05) is 13.6 Å². The first kappa shape index (κ1) is 13.5. The van der Waals surface area contributed by atoms with E-state index in [4.69, 9.17) is 0 Å². The maximum absolute atomic E-state index is 11.9. The van der Waals surface area contributed by atoms with Crippen LogP contribution in [0.25, 0.3) is 0 Å². The van der Waals surface area contributed by atoms with Gasteiger partial charge in [-0.05, 0) is 18.8 Å². The van der Waals surface area contributed by atoms with E-state index in [2.05, 4.69) is 13.8 Å². The van der Waals surface area contributed by atoms with Crippen LogP contribution in [-0.4, -0.2) is 35.1 Å². The Kier molecular flexibility index (Phi) is 4.78. The average Bonchev–Trinajstić information content (AvgIpc) is 2.64. The zero-order valence-electron chi connectivity index (χ0n) is 10.8. The first-order valence-electron chi connectivity index (χ1n) is 6.43. The maximum Gasteiger partial charge on any atom is 0.222 e. The monoisotopic (exact) mass is 227 g/mol. The molecule has 0 aromatic heterocycles. The van der Waals surface area contributed by atoms with E-state index in [1.54, 1.807) is 11.9 Å². The lowest BCUT2D eigenvalue weighted by molar-refractivity contribution is -0.134. The fourth-order valence-corrected chi connectivity index (χ4v) is 2.32. The summed E-state index contributed by atoms with van der Waals surface area (Å²) in [4.78, 5) is 13.6. The highest BCUT2D eigenvalue weighted by Crippen LogP contribution is 2.30. The number of carbonyl (C=O) groups is 1. The zero-order valence-corrected chi connectivity index (χ0v) is 10.8. The summed E-state index contributed by atoms with van der Waals surface area (Å²) in [6.07, 6.45) is 5.49. The topological polar surface area (TPSA) is 40.5 Å². The van der Waals surface area contributed by atoms with Crippen LogP contribution in [-0.2, 0) is 4.79 Å². The normalized spacial score (nSPS) is 20.8. The molecule has 0 aromatic rings. The summed E-state index contributed by atoms with van der Waals surface area (Å²) in [5.41, 5.74) is -0.611. The van der Waals surface area contributed by atoms with Crippen LogP contribution in [0.1, 0.15) is 52.4 Å². The van der Waals surface area contributed by atoms with Crippen molar-refractivity contribution < 1.29 is 9.90 Å². The lowest BCUT2D eigenvalue weighted by Gasteiger charge is -2.29. The largest absolute Gasteiger partial charge is 0.388 e. The Labute approximate surface area is 98.8 Å². The van der Waals surface area contributed by atoms with Crippen LogP contribution in [0.3, 0.4) is 0 Å². The van der Waals surface area contributed by atoms with Crippen molar-refractivity contribution in [1.82, 2.24) is 4.90 Å². The van der Waals surface area contributed by atoms with Gasteiger partial charge >= 0.3 is 0 Å². The Morgan fingerprint density at radius 3 is 2.50 bits per heavy atom. The molecule has 3 nitrogen and oxygen atoms in total. The third kappa shape index (κ3) is 3.78. The third-order valence-electron chi connectivity index (χ3n) is 3.71. The molecule has 94 valence electrons. The summed E-state index contributed by atoms with van der Waals surface area (Å²) < 4.78 is 0. The molecule has 1 rings (SSSR count). The number of hydrogen-bond acceptors (Lipinski definition) is 2. The van der Waals surface area contributed by atoms with Crippen molar-refractivity contribution >= 4 is 5.91 Å². The minimum Gasteiger partial charge on any atom is -0.388 e. The van der Waals surface area contributed by atoms with Crippen molar-refractivity contribution in [3.05, 3.63) is 0 Å². The number of amides is 1. The van der Waals surface area contributed by atoms with Gasteiger partial charge in [0, 0.05) is 20.0 Å². The molecule has 1 aliphatic carbocycles. The van der Waals surface area contributed by atoms with E-state index in [0.29, 0.717) is 18.9 Å². The van der Waals surface area contributed by atoms with Gasteiger partial charge in [0.05, 0.1) is 5.60 Å². The minimum absolute atomic E-state index is 0.162. The second kappa shape index (κ2) is 5.67. The Hall–Kier alpha value is -0.570. The summed E-state index contributed by atoms with van der Waals surface area (Å²) in [5.74, 6) is 0.600. The summed E-state index contributed by atoms with van der Waals surface area (Å²) in [6, 6.07) is 0. The summed E-state index contributed by atoms with van der Waals surface area (Å²) in [7, 11) is 1.81. The summed E-state index contributed by atoms with van der Waals surface area (Å²) in [6.45, 7) is 4.70. The smallest absolute Gasteiger partial charge is 0.222 e. The van der Waals surface area contributed by atoms with Crippen LogP contribution in [0.2, 0.25) is 0 Å². The molecule has 1 fully saturated rings. The molecular weight excluding hydrogens is 202 g/mol. The lowest BCUT2D eigenvalue weighted by Crippen LogP contribution is -2.42. The van der Waals surface area contributed by atoms with E-state index < -0.39 is 5.60 Å². The Bertz CT molecular complexity index is 234. The highest BCUT2D eigenvalue weighted by atomic mass is 16.3. The molecule has 16 heavy (non-hydrogen) atoms. The molecule has 0 aromatic carbocycles. The van der Waals surface area contributed by atoms with Gasteiger partial charge < -0.3 is 10.0 Å². The van der Waals surface area contributed by atoms with E-state index in [9.17, 15) is 9.90 Å². The zero-order chi connectivity index (χ0) is 12.2. The van der Waals surface area contributed by atoms with Gasteiger partial charge in [-0.25, -0.2) is 0 Å². The number of aliphatic hydroxyl groups is 1. The fraction of sp³-hybridized carbons (Fsp3) is 0.923. The summed E-state index contributed by atoms with van der Waals surface area (Å²) in [5, 5.41) is 10.2. The van der Waals surface area contributed by atoms with Crippen molar-refractivity contribution in [2.24, 2.45) is 5.92 Å². The van der Waals surface area contributed by atoms with Crippen LogP contribution < -0.4 is 0 Å². The van der Waals surface area contributed by atoms with Crippen LogP contribution >= 0.6 is 0 Å². The molecular formula is C13H25NO2. The quantitative estimate of drug-likeness (QED) is 0.782. The molecule has 3 heteroatoms. The molecule has 0 bridgehead atoms. The lowest BCUT2D eigenvalue weighted by atomic mass is 10.0. The Balaban J connectivity index is 2.39. The van der Waals surface area contributed by atoms with Crippen molar-refractivity contribution in [3.63, 3.8) is 0 Å². The number of nitrogens with zero attached hydrogens (tertiary/aromatic N) is 1. The van der Waals surface area contributed by atoms with E-state index in [-0.39, 0.29) is 5.91 Å². The van der Waals surface area contributed by atoms with Gasteiger partial charge in [-0.2, -0.15) is 0 Å². The molecule has 1 aliphatic rings. The average molecular weight is 227 g/mol. The fourth-order valence-electron chi connectivity index (χ4n) is 2.32. The number of rotatable bonds is 5. The standard InChI is InChI=1S/C13H25NO2/c1-4-11(2)9-12(15)14(3)10-13(16)7-5-6-8-13/h11,16H,4-10H2,1-3H3. The predicted molar refractivity (Wildman–Crippen MR) is 65.1 cm³/mol. The number of hydrogen-bond donors (Lipinski definition) is 1. The first-order valence-corrected chi connectivity index (χ1v) is 6.43. The molecule has 0 radical (unpaired) electrons. The van der Waals surface area contributed by atoms with Gasteiger partial charge in [0.1, 0.15) is 0 Å².